The minimum atomic E-state index is -0.402. The molecule has 0 aliphatic rings. The largest absolute Gasteiger partial charge is 0.466 e. The van der Waals surface area contributed by atoms with Crippen LogP contribution in [0.1, 0.15) is 25.3 Å². The van der Waals surface area contributed by atoms with E-state index in [4.69, 9.17) is 4.74 Å². The zero-order chi connectivity index (χ0) is 13.4. The van der Waals surface area contributed by atoms with E-state index in [1.54, 1.807) is 12.1 Å². The smallest absolute Gasteiger partial charge is 0.302 e. The lowest BCUT2D eigenvalue weighted by Gasteiger charge is -2.01. The number of benzene rings is 1. The second-order valence-electron chi connectivity index (χ2n) is 3.75. The average Bonchev–Trinajstić information content (AvgIpc) is 2.33. The Morgan fingerprint density at radius 1 is 1.39 bits per heavy atom. The van der Waals surface area contributed by atoms with E-state index < -0.39 is 4.92 Å². The van der Waals surface area contributed by atoms with Gasteiger partial charge in [0.25, 0.3) is 0 Å². The number of carbonyl (C=O) groups is 1. The van der Waals surface area contributed by atoms with E-state index in [0.717, 1.165) is 5.56 Å². The molecule has 0 fully saturated rings. The number of nitro groups is 1. The summed E-state index contributed by atoms with van der Waals surface area (Å²) < 4.78 is 4.73. The molecular formula is C13H15NO4. The van der Waals surface area contributed by atoms with Crippen molar-refractivity contribution in [3.8, 4) is 0 Å². The number of hydrogen-bond acceptors (Lipinski definition) is 4. The monoisotopic (exact) mass is 249 g/mol. The van der Waals surface area contributed by atoms with E-state index in [9.17, 15) is 14.9 Å². The van der Waals surface area contributed by atoms with Crippen molar-refractivity contribution in [1.29, 1.82) is 0 Å². The van der Waals surface area contributed by atoms with Crippen LogP contribution in [0.25, 0.3) is 6.08 Å². The van der Waals surface area contributed by atoms with Crippen LogP contribution in [-0.2, 0) is 9.53 Å². The highest BCUT2D eigenvalue weighted by Gasteiger charge is 2.10. The van der Waals surface area contributed by atoms with E-state index >= 15 is 0 Å². The highest BCUT2D eigenvalue weighted by molar-refractivity contribution is 5.65. The Kier molecular flexibility index (Phi) is 5.57. The van der Waals surface area contributed by atoms with Crippen molar-refractivity contribution in [2.24, 2.45) is 0 Å². The Labute approximate surface area is 105 Å². The summed E-state index contributed by atoms with van der Waals surface area (Å²) in [6.45, 7) is 1.52. The molecule has 1 rings (SSSR count). The Hall–Kier alpha value is -2.17. The van der Waals surface area contributed by atoms with Crippen molar-refractivity contribution in [3.05, 3.63) is 51.7 Å². The van der Waals surface area contributed by atoms with Crippen LogP contribution in [0.2, 0.25) is 0 Å². The molecule has 0 saturated heterocycles. The lowest BCUT2D eigenvalue weighted by Crippen LogP contribution is -2.04. The van der Waals surface area contributed by atoms with Crippen LogP contribution in [0.5, 0.6) is 0 Å². The lowest BCUT2D eigenvalue weighted by molar-refractivity contribution is -0.426. The van der Waals surface area contributed by atoms with Crippen molar-refractivity contribution in [1.82, 2.24) is 0 Å². The Balaban J connectivity index is 2.58. The molecule has 0 amide bonds. The van der Waals surface area contributed by atoms with Gasteiger partial charge in [0.05, 0.1) is 11.5 Å². The van der Waals surface area contributed by atoms with E-state index in [1.165, 1.54) is 13.0 Å². The number of esters is 1. The second kappa shape index (κ2) is 7.21. The van der Waals surface area contributed by atoms with Gasteiger partial charge >= 0.3 is 5.97 Å². The van der Waals surface area contributed by atoms with Crippen LogP contribution >= 0.6 is 0 Å². The maximum atomic E-state index is 10.9. The fourth-order valence-electron chi connectivity index (χ4n) is 1.43. The number of rotatable bonds is 6. The maximum absolute atomic E-state index is 10.9. The second-order valence-corrected chi connectivity index (χ2v) is 3.75. The van der Waals surface area contributed by atoms with Gasteiger partial charge in [0.15, 0.2) is 0 Å². The minimum absolute atomic E-state index is 0.119. The molecule has 0 saturated carbocycles. The molecule has 0 unspecified atom stereocenters. The fourth-order valence-corrected chi connectivity index (χ4v) is 1.43. The zero-order valence-electron chi connectivity index (χ0n) is 10.2. The van der Waals surface area contributed by atoms with Crippen LogP contribution in [-0.4, -0.2) is 17.5 Å². The average molecular weight is 249 g/mol. The molecule has 0 bridgehead atoms. The van der Waals surface area contributed by atoms with Crippen molar-refractivity contribution in [2.75, 3.05) is 6.61 Å². The predicted octanol–water partition coefficient (Wildman–Crippen LogP) is 2.65. The van der Waals surface area contributed by atoms with Gasteiger partial charge in [0.2, 0.25) is 5.70 Å². The summed E-state index contributed by atoms with van der Waals surface area (Å²) in [5, 5.41) is 10.9. The van der Waals surface area contributed by atoms with E-state index in [2.05, 4.69) is 0 Å². The van der Waals surface area contributed by atoms with Gasteiger partial charge in [-0.3, -0.25) is 14.9 Å². The highest BCUT2D eigenvalue weighted by atomic mass is 16.6. The third kappa shape index (κ3) is 5.25. The fraction of sp³-hybridized carbons (Fsp3) is 0.308. The summed E-state index contributed by atoms with van der Waals surface area (Å²) in [6.07, 6.45) is 2.25. The van der Waals surface area contributed by atoms with E-state index in [1.807, 2.05) is 18.2 Å². The minimum Gasteiger partial charge on any atom is -0.466 e. The van der Waals surface area contributed by atoms with Crippen LogP contribution in [0, 0.1) is 10.1 Å². The third-order valence-corrected chi connectivity index (χ3v) is 2.25. The first-order chi connectivity index (χ1) is 8.59. The molecule has 0 aliphatic heterocycles. The van der Waals surface area contributed by atoms with Gasteiger partial charge in [-0.2, -0.15) is 0 Å². The molecule has 0 heterocycles. The first kappa shape index (κ1) is 13.9. The summed E-state index contributed by atoms with van der Waals surface area (Å²) in [7, 11) is 0. The standard InChI is InChI=1S/C13H15NO4/c1-11(15)18-9-5-8-13(14(16)17)10-12-6-3-2-4-7-12/h2-4,6-7,10H,5,8-9H2,1H3. The molecule has 1 aromatic carbocycles. The quantitative estimate of drug-likeness (QED) is 0.336. The van der Waals surface area contributed by atoms with Gasteiger partial charge in [-0.25, -0.2) is 0 Å². The molecule has 96 valence electrons. The third-order valence-electron chi connectivity index (χ3n) is 2.25. The van der Waals surface area contributed by atoms with Gasteiger partial charge in [0.1, 0.15) is 0 Å². The normalized spacial score (nSPS) is 11.1. The number of ether oxygens (including phenoxy) is 1. The van der Waals surface area contributed by atoms with E-state index in [0.29, 0.717) is 6.42 Å². The van der Waals surface area contributed by atoms with Crippen LogP contribution in [0.15, 0.2) is 36.0 Å². The van der Waals surface area contributed by atoms with Gasteiger partial charge in [-0.05, 0) is 12.0 Å². The molecule has 1 aromatic rings. The molecule has 5 heteroatoms. The van der Waals surface area contributed by atoms with Gasteiger partial charge in [-0.15, -0.1) is 0 Å². The van der Waals surface area contributed by atoms with E-state index in [-0.39, 0.29) is 24.7 Å². The number of nitrogens with zero attached hydrogens (tertiary/aromatic N) is 1. The Bertz CT molecular complexity index is 440. The van der Waals surface area contributed by atoms with Crippen molar-refractivity contribution < 1.29 is 14.5 Å². The summed E-state index contributed by atoms with van der Waals surface area (Å²) in [5.74, 6) is -0.371. The molecule has 0 aliphatic carbocycles. The zero-order valence-corrected chi connectivity index (χ0v) is 10.2. The summed E-state index contributed by atoms with van der Waals surface area (Å²) in [5.41, 5.74) is 0.907. The number of allylic oxidation sites excluding steroid dienone is 1. The molecule has 0 spiro atoms. The van der Waals surface area contributed by atoms with Gasteiger partial charge in [0, 0.05) is 19.4 Å². The van der Waals surface area contributed by atoms with Crippen LogP contribution < -0.4 is 0 Å². The summed E-state index contributed by atoms with van der Waals surface area (Å²) in [4.78, 5) is 21.0. The Morgan fingerprint density at radius 3 is 2.61 bits per heavy atom. The summed E-state index contributed by atoms with van der Waals surface area (Å²) in [6, 6.07) is 9.10. The molecule has 0 radical (unpaired) electrons. The van der Waals surface area contributed by atoms with Crippen molar-refractivity contribution >= 4 is 12.0 Å². The molecule has 18 heavy (non-hydrogen) atoms. The molecule has 0 aromatic heterocycles. The number of hydrogen-bond donors (Lipinski definition) is 0. The number of carbonyl (C=O) groups excluding carboxylic acids is 1. The Morgan fingerprint density at radius 2 is 2.06 bits per heavy atom. The van der Waals surface area contributed by atoms with Crippen molar-refractivity contribution in [3.63, 3.8) is 0 Å². The van der Waals surface area contributed by atoms with Gasteiger partial charge < -0.3 is 4.74 Å². The first-order valence-corrected chi connectivity index (χ1v) is 5.63. The van der Waals surface area contributed by atoms with Crippen LogP contribution in [0.3, 0.4) is 0 Å². The molecule has 5 nitrogen and oxygen atoms in total. The first-order valence-electron chi connectivity index (χ1n) is 5.63. The molecule has 0 atom stereocenters. The predicted molar refractivity (Wildman–Crippen MR) is 67.3 cm³/mol. The summed E-state index contributed by atoms with van der Waals surface area (Å²) >= 11 is 0. The van der Waals surface area contributed by atoms with Crippen LogP contribution in [0.4, 0.5) is 0 Å². The van der Waals surface area contributed by atoms with Gasteiger partial charge in [-0.1, -0.05) is 30.3 Å². The molecular weight excluding hydrogens is 234 g/mol. The maximum Gasteiger partial charge on any atom is 0.302 e. The molecule has 0 N–H and O–H groups in total. The topological polar surface area (TPSA) is 69.4 Å². The lowest BCUT2D eigenvalue weighted by atomic mass is 10.1. The highest BCUT2D eigenvalue weighted by Crippen LogP contribution is 2.12. The SMILES string of the molecule is CC(=O)OCCCC(=Cc1ccccc1)[N+](=O)[O-]. The van der Waals surface area contributed by atoms with Crippen molar-refractivity contribution in [2.45, 2.75) is 19.8 Å².